The zero-order chi connectivity index (χ0) is 14.8. The number of hydrogen-bond acceptors (Lipinski definition) is 1. The van der Waals surface area contributed by atoms with Crippen molar-refractivity contribution in [3.8, 4) is 0 Å². The maximum atomic E-state index is 13.9. The van der Waals surface area contributed by atoms with E-state index < -0.39 is 0 Å². The molecule has 0 aromatic heterocycles. The number of carbonyl (C=O) groups excluding carboxylic acids is 1. The minimum atomic E-state index is -0.376. The molecule has 4 heteroatoms. The lowest BCUT2D eigenvalue weighted by molar-refractivity contribution is 0.0733. The van der Waals surface area contributed by atoms with Crippen LogP contribution in [0.1, 0.15) is 34.8 Å². The fourth-order valence-electron chi connectivity index (χ4n) is 2.84. The summed E-state index contributed by atoms with van der Waals surface area (Å²) in [7, 11) is 0. The second-order valence-corrected chi connectivity index (χ2v) is 5.18. The lowest BCUT2D eigenvalue weighted by Gasteiger charge is -2.25. The van der Waals surface area contributed by atoms with Crippen LogP contribution in [0.5, 0.6) is 0 Å². The van der Waals surface area contributed by atoms with Gasteiger partial charge in [0.25, 0.3) is 5.91 Å². The molecule has 0 spiro atoms. The highest BCUT2D eigenvalue weighted by atomic mass is 19.1. The maximum absolute atomic E-state index is 13.9. The number of benzene rings is 2. The zero-order valence-corrected chi connectivity index (χ0v) is 11.4. The van der Waals surface area contributed by atoms with Crippen molar-refractivity contribution in [1.82, 2.24) is 4.90 Å². The third kappa shape index (κ3) is 2.66. The first kappa shape index (κ1) is 13.7. The van der Waals surface area contributed by atoms with Gasteiger partial charge in [0.1, 0.15) is 11.6 Å². The quantitative estimate of drug-likeness (QED) is 0.819. The van der Waals surface area contributed by atoms with Gasteiger partial charge in [-0.05, 0) is 43.2 Å². The molecule has 1 heterocycles. The molecule has 0 N–H and O–H groups in total. The van der Waals surface area contributed by atoms with E-state index in [9.17, 15) is 13.6 Å². The second kappa shape index (κ2) is 5.64. The molecular weight excluding hydrogens is 272 g/mol. The molecule has 1 amide bonds. The van der Waals surface area contributed by atoms with Crippen LogP contribution in [-0.4, -0.2) is 17.4 Å². The Hall–Kier alpha value is -2.23. The third-order valence-corrected chi connectivity index (χ3v) is 3.87. The molecule has 3 rings (SSSR count). The summed E-state index contributed by atoms with van der Waals surface area (Å²) < 4.78 is 26.9. The van der Waals surface area contributed by atoms with Crippen LogP contribution >= 0.6 is 0 Å². The summed E-state index contributed by atoms with van der Waals surface area (Å²) in [6, 6.07) is 11.8. The van der Waals surface area contributed by atoms with Crippen molar-refractivity contribution in [2.24, 2.45) is 0 Å². The van der Waals surface area contributed by atoms with E-state index in [1.807, 2.05) is 0 Å². The molecule has 1 atom stereocenters. The van der Waals surface area contributed by atoms with E-state index in [0.29, 0.717) is 17.7 Å². The number of likely N-dealkylation sites (tertiary alicyclic amines) is 1. The fourth-order valence-corrected chi connectivity index (χ4v) is 2.84. The number of amides is 1. The molecule has 1 aliphatic rings. The molecule has 108 valence electrons. The average molecular weight is 287 g/mol. The monoisotopic (exact) mass is 287 g/mol. The Bertz CT molecular complexity index is 654. The van der Waals surface area contributed by atoms with Crippen LogP contribution in [0.15, 0.2) is 48.5 Å². The van der Waals surface area contributed by atoms with Crippen molar-refractivity contribution >= 4 is 5.91 Å². The van der Waals surface area contributed by atoms with Gasteiger partial charge in [0.2, 0.25) is 0 Å². The highest BCUT2D eigenvalue weighted by molar-refractivity contribution is 5.94. The Labute approximate surface area is 122 Å². The first-order chi connectivity index (χ1) is 10.2. The van der Waals surface area contributed by atoms with Gasteiger partial charge in [0.05, 0.1) is 6.04 Å². The van der Waals surface area contributed by atoms with Gasteiger partial charge in [-0.3, -0.25) is 4.79 Å². The van der Waals surface area contributed by atoms with Gasteiger partial charge >= 0.3 is 0 Å². The Kier molecular flexibility index (Phi) is 3.69. The molecule has 0 bridgehead atoms. The lowest BCUT2D eigenvalue weighted by atomic mass is 10.0. The van der Waals surface area contributed by atoms with Crippen molar-refractivity contribution < 1.29 is 13.6 Å². The van der Waals surface area contributed by atoms with E-state index in [1.54, 1.807) is 23.1 Å². The van der Waals surface area contributed by atoms with E-state index >= 15 is 0 Å². The van der Waals surface area contributed by atoms with Gasteiger partial charge < -0.3 is 4.90 Å². The van der Waals surface area contributed by atoms with Crippen molar-refractivity contribution in [3.63, 3.8) is 0 Å². The minimum absolute atomic E-state index is 0.180. The lowest BCUT2D eigenvalue weighted by Crippen LogP contribution is -2.31. The van der Waals surface area contributed by atoms with Gasteiger partial charge in [-0.15, -0.1) is 0 Å². The van der Waals surface area contributed by atoms with E-state index in [-0.39, 0.29) is 23.6 Å². The number of rotatable bonds is 2. The largest absolute Gasteiger partial charge is 0.331 e. The molecular formula is C17H15F2NO. The van der Waals surface area contributed by atoms with Gasteiger partial charge in [0.15, 0.2) is 0 Å². The molecule has 1 fully saturated rings. The zero-order valence-electron chi connectivity index (χ0n) is 11.4. The number of halogens is 2. The maximum Gasteiger partial charge on any atom is 0.254 e. The second-order valence-electron chi connectivity index (χ2n) is 5.18. The van der Waals surface area contributed by atoms with Gasteiger partial charge in [-0.2, -0.15) is 0 Å². The highest BCUT2D eigenvalue weighted by Gasteiger charge is 2.31. The predicted octanol–water partition coefficient (Wildman–Crippen LogP) is 3.94. The summed E-state index contributed by atoms with van der Waals surface area (Å²) >= 11 is 0. The number of carbonyl (C=O) groups is 1. The predicted molar refractivity (Wildman–Crippen MR) is 75.8 cm³/mol. The molecule has 1 saturated heterocycles. The molecule has 0 saturated carbocycles. The summed E-state index contributed by atoms with van der Waals surface area (Å²) in [5.41, 5.74) is 0.977. The van der Waals surface area contributed by atoms with Gasteiger partial charge in [-0.25, -0.2) is 8.78 Å². The van der Waals surface area contributed by atoms with E-state index in [4.69, 9.17) is 0 Å². The topological polar surface area (TPSA) is 20.3 Å². The molecule has 1 aliphatic heterocycles. The van der Waals surface area contributed by atoms with Crippen LogP contribution in [0.25, 0.3) is 0 Å². The molecule has 0 radical (unpaired) electrons. The first-order valence-corrected chi connectivity index (χ1v) is 6.98. The van der Waals surface area contributed by atoms with Crippen molar-refractivity contribution in [2.45, 2.75) is 18.9 Å². The molecule has 0 aliphatic carbocycles. The summed E-state index contributed by atoms with van der Waals surface area (Å²) in [4.78, 5) is 14.2. The van der Waals surface area contributed by atoms with Crippen LogP contribution in [-0.2, 0) is 0 Å². The van der Waals surface area contributed by atoms with Crippen molar-refractivity contribution in [1.29, 1.82) is 0 Å². The Morgan fingerprint density at radius 1 is 1.05 bits per heavy atom. The van der Waals surface area contributed by atoms with Crippen LogP contribution in [0.4, 0.5) is 8.78 Å². The average Bonchev–Trinajstić information content (AvgIpc) is 2.97. The Morgan fingerprint density at radius 3 is 2.48 bits per heavy atom. The van der Waals surface area contributed by atoms with Crippen LogP contribution in [0.3, 0.4) is 0 Å². The SMILES string of the molecule is O=C(c1ccc(F)cc1)N1CCCC1c1ccccc1F. The van der Waals surface area contributed by atoms with E-state index in [0.717, 1.165) is 12.8 Å². The van der Waals surface area contributed by atoms with Crippen molar-refractivity contribution in [2.75, 3.05) is 6.54 Å². The molecule has 2 aromatic carbocycles. The normalized spacial score (nSPS) is 18.0. The van der Waals surface area contributed by atoms with Gasteiger partial charge in [-0.1, -0.05) is 18.2 Å². The van der Waals surface area contributed by atoms with Crippen molar-refractivity contribution in [3.05, 3.63) is 71.3 Å². The van der Waals surface area contributed by atoms with E-state index in [2.05, 4.69) is 0 Å². The molecule has 1 unspecified atom stereocenters. The number of nitrogens with zero attached hydrogens (tertiary/aromatic N) is 1. The summed E-state index contributed by atoms with van der Waals surface area (Å²) in [6.45, 7) is 0.592. The molecule has 2 aromatic rings. The van der Waals surface area contributed by atoms with Crippen LogP contribution in [0.2, 0.25) is 0 Å². The summed E-state index contributed by atoms with van der Waals surface area (Å²) in [6.07, 6.45) is 1.58. The minimum Gasteiger partial charge on any atom is -0.331 e. The Morgan fingerprint density at radius 2 is 1.76 bits per heavy atom. The van der Waals surface area contributed by atoms with Crippen LogP contribution < -0.4 is 0 Å². The number of hydrogen-bond donors (Lipinski definition) is 0. The summed E-state index contributed by atoms with van der Waals surface area (Å²) in [5.74, 6) is -0.847. The molecule has 21 heavy (non-hydrogen) atoms. The smallest absolute Gasteiger partial charge is 0.254 e. The third-order valence-electron chi connectivity index (χ3n) is 3.87. The summed E-state index contributed by atoms with van der Waals surface area (Å²) in [5, 5.41) is 0. The van der Waals surface area contributed by atoms with Gasteiger partial charge in [0, 0.05) is 17.7 Å². The molecule has 2 nitrogen and oxygen atoms in total. The fraction of sp³-hybridized carbons (Fsp3) is 0.235. The standard InChI is InChI=1S/C17H15F2NO/c18-13-9-7-12(8-10-13)17(21)20-11-3-6-16(20)14-4-1-2-5-15(14)19/h1-2,4-5,7-10,16H,3,6,11H2. The first-order valence-electron chi connectivity index (χ1n) is 6.98. The van der Waals surface area contributed by atoms with E-state index in [1.165, 1.54) is 30.3 Å². The Balaban J connectivity index is 1.89. The van der Waals surface area contributed by atoms with Crippen LogP contribution in [0, 0.1) is 11.6 Å². The highest BCUT2D eigenvalue weighted by Crippen LogP contribution is 2.34.